The number of ether oxygens (including phenoxy) is 1. The number of hydrogen-bond acceptors (Lipinski definition) is 4. The molecule has 0 atom stereocenters. The van der Waals surface area contributed by atoms with Crippen molar-refractivity contribution in [3.05, 3.63) is 17.3 Å². The molecule has 4 nitrogen and oxygen atoms in total. The molecule has 4 heteroatoms. The van der Waals surface area contributed by atoms with Gasteiger partial charge in [-0.3, -0.25) is 0 Å². The van der Waals surface area contributed by atoms with Gasteiger partial charge in [0, 0.05) is 18.7 Å². The fourth-order valence-corrected chi connectivity index (χ4v) is 1.74. The van der Waals surface area contributed by atoms with E-state index in [2.05, 4.69) is 10.3 Å². The summed E-state index contributed by atoms with van der Waals surface area (Å²) in [6, 6.07) is 1.98. The minimum atomic E-state index is 0.547. The van der Waals surface area contributed by atoms with Crippen LogP contribution in [-0.4, -0.2) is 25.2 Å². The Morgan fingerprint density at radius 2 is 2.21 bits per heavy atom. The van der Waals surface area contributed by atoms with Gasteiger partial charge in [0.2, 0.25) is 5.88 Å². The Morgan fingerprint density at radius 3 is 3.00 bits per heavy atom. The molecule has 1 aliphatic rings. The molecular weight excluding hydrogens is 178 g/mol. The zero-order chi connectivity index (χ0) is 9.97. The number of nitrogens with one attached hydrogen (secondary N) is 1. The second-order valence-corrected chi connectivity index (χ2v) is 3.44. The van der Waals surface area contributed by atoms with Crippen LogP contribution >= 0.6 is 0 Å². The lowest BCUT2D eigenvalue weighted by atomic mass is 10.1. The zero-order valence-electron chi connectivity index (χ0n) is 8.34. The molecule has 1 aromatic rings. The number of methoxy groups -OCH3 is 1. The summed E-state index contributed by atoms with van der Waals surface area (Å²) in [5, 5.41) is 3.33. The maximum Gasteiger partial charge on any atom is 0.237 e. The predicted octanol–water partition coefficient (Wildman–Crippen LogP) is 0.361. The number of nitrogen functional groups attached to an aromatic ring is 1. The first-order valence-electron chi connectivity index (χ1n) is 4.84. The largest absolute Gasteiger partial charge is 0.480 e. The van der Waals surface area contributed by atoms with Crippen molar-refractivity contribution >= 4 is 5.69 Å². The van der Waals surface area contributed by atoms with Gasteiger partial charge in [0.15, 0.2) is 0 Å². The van der Waals surface area contributed by atoms with Crippen LogP contribution in [0.25, 0.3) is 0 Å². The molecule has 1 aliphatic heterocycles. The number of rotatable bonds is 1. The highest BCUT2D eigenvalue weighted by Crippen LogP contribution is 2.23. The van der Waals surface area contributed by atoms with Crippen molar-refractivity contribution in [2.24, 2.45) is 0 Å². The highest BCUT2D eigenvalue weighted by Gasteiger charge is 2.12. The van der Waals surface area contributed by atoms with Crippen molar-refractivity contribution in [1.82, 2.24) is 10.3 Å². The summed E-state index contributed by atoms with van der Waals surface area (Å²) in [6.45, 7) is 1.98. The first-order chi connectivity index (χ1) is 6.81. The fourth-order valence-electron chi connectivity index (χ4n) is 1.74. The van der Waals surface area contributed by atoms with Crippen LogP contribution in [-0.2, 0) is 12.8 Å². The van der Waals surface area contributed by atoms with Gasteiger partial charge in [-0.25, -0.2) is 4.98 Å². The molecule has 14 heavy (non-hydrogen) atoms. The van der Waals surface area contributed by atoms with Crippen LogP contribution in [0, 0.1) is 0 Å². The average Bonchev–Trinajstić information content (AvgIpc) is 2.41. The van der Waals surface area contributed by atoms with Gasteiger partial charge in [-0.05, 0) is 24.6 Å². The molecule has 0 saturated heterocycles. The third-order valence-electron chi connectivity index (χ3n) is 2.49. The summed E-state index contributed by atoms with van der Waals surface area (Å²) in [4.78, 5) is 4.40. The number of hydrogen-bond donors (Lipinski definition) is 2. The molecule has 0 saturated carbocycles. The van der Waals surface area contributed by atoms with Gasteiger partial charge >= 0.3 is 0 Å². The van der Waals surface area contributed by atoms with Crippen molar-refractivity contribution in [3.8, 4) is 5.88 Å². The van der Waals surface area contributed by atoms with Crippen molar-refractivity contribution in [1.29, 1.82) is 0 Å². The second-order valence-electron chi connectivity index (χ2n) is 3.44. The van der Waals surface area contributed by atoms with E-state index in [9.17, 15) is 0 Å². The zero-order valence-corrected chi connectivity index (χ0v) is 8.34. The van der Waals surface area contributed by atoms with Crippen LogP contribution < -0.4 is 15.8 Å². The molecule has 0 radical (unpaired) electrons. The number of nitrogens with two attached hydrogens (primary N) is 1. The Morgan fingerprint density at radius 1 is 1.43 bits per heavy atom. The topological polar surface area (TPSA) is 60.2 Å². The molecule has 0 fully saturated rings. The Hall–Kier alpha value is -1.29. The Bertz CT molecular complexity index is 338. The third-order valence-corrected chi connectivity index (χ3v) is 2.49. The third kappa shape index (κ3) is 1.65. The molecule has 0 spiro atoms. The first-order valence-corrected chi connectivity index (χ1v) is 4.84. The quantitative estimate of drug-likeness (QED) is 0.676. The van der Waals surface area contributed by atoms with Crippen molar-refractivity contribution in [3.63, 3.8) is 0 Å². The van der Waals surface area contributed by atoms with Crippen LogP contribution in [0.4, 0.5) is 5.69 Å². The van der Waals surface area contributed by atoms with E-state index >= 15 is 0 Å². The minimum absolute atomic E-state index is 0.547. The van der Waals surface area contributed by atoms with Crippen LogP contribution in [0.5, 0.6) is 5.88 Å². The van der Waals surface area contributed by atoms with Gasteiger partial charge in [0.25, 0.3) is 0 Å². The summed E-state index contributed by atoms with van der Waals surface area (Å²) < 4.78 is 5.10. The van der Waals surface area contributed by atoms with E-state index in [0.29, 0.717) is 11.6 Å². The predicted molar refractivity (Wildman–Crippen MR) is 55.5 cm³/mol. The van der Waals surface area contributed by atoms with Gasteiger partial charge in [0.1, 0.15) is 0 Å². The second kappa shape index (κ2) is 3.84. The van der Waals surface area contributed by atoms with E-state index < -0.39 is 0 Å². The van der Waals surface area contributed by atoms with Crippen molar-refractivity contribution < 1.29 is 4.74 Å². The lowest BCUT2D eigenvalue weighted by Crippen LogP contribution is -2.16. The average molecular weight is 193 g/mol. The summed E-state index contributed by atoms with van der Waals surface area (Å²) >= 11 is 0. The van der Waals surface area contributed by atoms with Crippen LogP contribution in [0.1, 0.15) is 11.3 Å². The Labute approximate surface area is 83.5 Å². The molecule has 0 bridgehead atoms. The molecule has 2 rings (SSSR count). The van der Waals surface area contributed by atoms with E-state index in [1.54, 1.807) is 7.11 Å². The molecular formula is C10H15N3O. The van der Waals surface area contributed by atoms with Gasteiger partial charge < -0.3 is 15.8 Å². The molecule has 76 valence electrons. The normalized spacial score (nSPS) is 15.8. The maximum atomic E-state index is 5.80. The van der Waals surface area contributed by atoms with Gasteiger partial charge in [0.05, 0.1) is 12.8 Å². The van der Waals surface area contributed by atoms with E-state index in [0.717, 1.165) is 31.6 Å². The number of aromatic nitrogens is 1. The molecule has 0 amide bonds. The number of anilines is 1. The number of fused-ring (bicyclic) bond motifs is 1. The van der Waals surface area contributed by atoms with Gasteiger partial charge in [-0.2, -0.15) is 0 Å². The summed E-state index contributed by atoms with van der Waals surface area (Å²) in [5.74, 6) is 0.547. The van der Waals surface area contributed by atoms with E-state index in [1.807, 2.05) is 6.07 Å². The highest BCUT2D eigenvalue weighted by atomic mass is 16.5. The monoisotopic (exact) mass is 193 g/mol. The standard InChI is InChI=1S/C10H15N3O/c1-14-10-8(11)6-7-2-4-12-5-3-9(7)13-10/h6,12H,2-5,11H2,1H3. The molecule has 0 aliphatic carbocycles. The van der Waals surface area contributed by atoms with Gasteiger partial charge in [-0.15, -0.1) is 0 Å². The lowest BCUT2D eigenvalue weighted by Gasteiger charge is -2.09. The van der Waals surface area contributed by atoms with Crippen molar-refractivity contribution in [2.75, 3.05) is 25.9 Å². The van der Waals surface area contributed by atoms with E-state index in [-0.39, 0.29) is 0 Å². The molecule has 3 N–H and O–H groups in total. The summed E-state index contributed by atoms with van der Waals surface area (Å²) in [6.07, 6.45) is 1.95. The van der Waals surface area contributed by atoms with Crippen LogP contribution in [0.2, 0.25) is 0 Å². The summed E-state index contributed by atoms with van der Waals surface area (Å²) in [7, 11) is 1.60. The lowest BCUT2D eigenvalue weighted by molar-refractivity contribution is 0.398. The summed E-state index contributed by atoms with van der Waals surface area (Å²) in [5.41, 5.74) is 8.79. The smallest absolute Gasteiger partial charge is 0.237 e. The van der Waals surface area contributed by atoms with Gasteiger partial charge in [-0.1, -0.05) is 0 Å². The molecule has 1 aromatic heterocycles. The molecule has 0 aromatic carbocycles. The van der Waals surface area contributed by atoms with Crippen molar-refractivity contribution in [2.45, 2.75) is 12.8 Å². The van der Waals surface area contributed by atoms with Crippen LogP contribution in [0.3, 0.4) is 0 Å². The van der Waals surface area contributed by atoms with E-state index in [4.69, 9.17) is 10.5 Å². The molecule has 2 heterocycles. The van der Waals surface area contributed by atoms with Crippen LogP contribution in [0.15, 0.2) is 6.07 Å². The maximum absolute atomic E-state index is 5.80. The fraction of sp³-hybridized carbons (Fsp3) is 0.500. The Balaban J connectivity index is 2.41. The highest BCUT2D eigenvalue weighted by molar-refractivity contribution is 5.51. The molecule has 0 unspecified atom stereocenters. The Kier molecular flexibility index (Phi) is 2.54. The SMILES string of the molecule is COc1nc2c(cc1N)CCNCC2. The number of pyridine rings is 1. The van der Waals surface area contributed by atoms with E-state index in [1.165, 1.54) is 5.56 Å². The minimum Gasteiger partial charge on any atom is -0.480 e. The number of nitrogens with zero attached hydrogens (tertiary/aromatic N) is 1. The first kappa shape index (κ1) is 9.27.